The first-order valence-corrected chi connectivity index (χ1v) is 7.60. The van der Waals surface area contributed by atoms with Gasteiger partial charge in [-0.15, -0.1) is 0 Å². The highest BCUT2D eigenvalue weighted by molar-refractivity contribution is 5.48. The molecule has 0 aromatic heterocycles. The van der Waals surface area contributed by atoms with Gasteiger partial charge < -0.3 is 10.1 Å². The molecule has 2 atom stereocenters. The maximum absolute atomic E-state index is 13.8. The van der Waals surface area contributed by atoms with E-state index in [9.17, 15) is 4.39 Å². The first kappa shape index (κ1) is 15.1. The summed E-state index contributed by atoms with van der Waals surface area (Å²) in [5.41, 5.74) is 1.28. The summed E-state index contributed by atoms with van der Waals surface area (Å²) in [5, 5.41) is 3.48. The molecule has 0 aliphatic heterocycles. The topological polar surface area (TPSA) is 21.3 Å². The number of hydrogen-bond donors (Lipinski definition) is 1. The van der Waals surface area contributed by atoms with Crippen molar-refractivity contribution in [3.63, 3.8) is 0 Å². The van der Waals surface area contributed by atoms with Gasteiger partial charge in [-0.3, -0.25) is 0 Å². The molecule has 0 saturated heterocycles. The molecule has 1 saturated carbocycles. The smallest absolute Gasteiger partial charge is 0.167 e. The van der Waals surface area contributed by atoms with Gasteiger partial charge in [0.05, 0.1) is 6.61 Å². The Morgan fingerprint density at radius 2 is 2.15 bits per heavy atom. The summed E-state index contributed by atoms with van der Waals surface area (Å²) in [6.45, 7) is 9.28. The average Bonchev–Trinajstić information content (AvgIpc) is 2.36. The van der Waals surface area contributed by atoms with E-state index in [1.807, 2.05) is 13.0 Å². The Labute approximate surface area is 121 Å². The van der Waals surface area contributed by atoms with Crippen molar-refractivity contribution in [2.45, 2.75) is 53.0 Å². The zero-order chi connectivity index (χ0) is 14.8. The molecule has 0 amide bonds. The molecule has 1 aromatic rings. The number of hydrogen-bond acceptors (Lipinski definition) is 2. The van der Waals surface area contributed by atoms with Crippen molar-refractivity contribution in [1.82, 2.24) is 0 Å². The van der Waals surface area contributed by atoms with E-state index >= 15 is 0 Å². The monoisotopic (exact) mass is 279 g/mol. The summed E-state index contributed by atoms with van der Waals surface area (Å²) in [5.74, 6) is 0.643. The Hall–Kier alpha value is -1.25. The quantitative estimate of drug-likeness (QED) is 0.850. The Bertz CT molecular complexity index is 458. The average molecular weight is 279 g/mol. The predicted octanol–water partition coefficient (Wildman–Crippen LogP) is 4.85. The predicted molar refractivity (Wildman–Crippen MR) is 81.8 cm³/mol. The molecule has 1 N–H and O–H groups in total. The molecule has 2 nitrogen and oxygen atoms in total. The zero-order valence-electron chi connectivity index (χ0n) is 13.0. The lowest BCUT2D eigenvalue weighted by atomic mass is 9.70. The number of ether oxygens (including phenoxy) is 1. The third-order valence-corrected chi connectivity index (χ3v) is 4.28. The van der Waals surface area contributed by atoms with Crippen LogP contribution in [0.5, 0.6) is 5.75 Å². The van der Waals surface area contributed by atoms with E-state index < -0.39 is 0 Å². The van der Waals surface area contributed by atoms with Crippen LogP contribution in [0, 0.1) is 17.2 Å². The highest BCUT2D eigenvalue weighted by atomic mass is 19.1. The van der Waals surface area contributed by atoms with Crippen molar-refractivity contribution in [3.05, 3.63) is 24.0 Å². The fraction of sp³-hybridized carbons (Fsp3) is 0.647. The van der Waals surface area contributed by atoms with Crippen LogP contribution < -0.4 is 10.1 Å². The van der Waals surface area contributed by atoms with Gasteiger partial charge in [-0.1, -0.05) is 20.8 Å². The van der Waals surface area contributed by atoms with Crippen molar-refractivity contribution in [3.8, 4) is 5.75 Å². The number of nitrogens with one attached hydrogen (secondary N) is 1. The molecular formula is C17H26FNO. The maximum Gasteiger partial charge on any atom is 0.167 e. The first-order chi connectivity index (χ1) is 9.41. The summed E-state index contributed by atoms with van der Waals surface area (Å²) in [6, 6.07) is 5.58. The molecule has 20 heavy (non-hydrogen) atoms. The summed E-state index contributed by atoms with van der Waals surface area (Å²) in [6.07, 6.45) is 3.57. The molecule has 1 aliphatic rings. The lowest BCUT2D eigenvalue weighted by Crippen LogP contribution is -2.36. The zero-order valence-corrected chi connectivity index (χ0v) is 13.0. The summed E-state index contributed by atoms with van der Waals surface area (Å²) in [7, 11) is 0. The van der Waals surface area contributed by atoms with Gasteiger partial charge in [-0.2, -0.15) is 0 Å². The van der Waals surface area contributed by atoms with Gasteiger partial charge in [0.2, 0.25) is 0 Å². The van der Waals surface area contributed by atoms with E-state index in [1.54, 1.807) is 6.07 Å². The molecule has 2 unspecified atom stereocenters. The van der Waals surface area contributed by atoms with Crippen molar-refractivity contribution < 1.29 is 9.13 Å². The van der Waals surface area contributed by atoms with Crippen molar-refractivity contribution in [1.29, 1.82) is 0 Å². The third kappa shape index (κ3) is 3.65. The van der Waals surface area contributed by atoms with Crippen molar-refractivity contribution in [2.24, 2.45) is 11.3 Å². The van der Waals surface area contributed by atoms with Crippen LogP contribution in [0.2, 0.25) is 0 Å². The number of halogens is 1. The van der Waals surface area contributed by atoms with Gasteiger partial charge in [-0.05, 0) is 49.7 Å². The van der Waals surface area contributed by atoms with Gasteiger partial charge in [0.15, 0.2) is 11.6 Å². The van der Waals surface area contributed by atoms with Crippen molar-refractivity contribution in [2.75, 3.05) is 11.9 Å². The van der Waals surface area contributed by atoms with Gasteiger partial charge in [0.1, 0.15) is 0 Å². The Balaban J connectivity index is 2.02. The molecule has 1 aliphatic carbocycles. The van der Waals surface area contributed by atoms with Gasteiger partial charge in [0.25, 0.3) is 0 Å². The van der Waals surface area contributed by atoms with Crippen LogP contribution in [0.15, 0.2) is 18.2 Å². The fourth-order valence-corrected chi connectivity index (χ4v) is 3.24. The standard InChI is InChI=1S/C17H26FNO/c1-5-20-16-7-6-13(10-14(16)18)19-15-8-9-17(3,4)11-12(15)2/h6-7,10,12,15,19H,5,8-9,11H2,1-4H3. The van der Waals surface area contributed by atoms with Gasteiger partial charge in [-0.25, -0.2) is 4.39 Å². The Morgan fingerprint density at radius 3 is 2.75 bits per heavy atom. The lowest BCUT2D eigenvalue weighted by Gasteiger charge is -2.40. The van der Waals surface area contributed by atoms with Crippen LogP contribution in [-0.2, 0) is 0 Å². The minimum atomic E-state index is -0.291. The molecule has 0 bridgehead atoms. The van der Waals surface area contributed by atoms with E-state index in [1.165, 1.54) is 18.9 Å². The Kier molecular flexibility index (Phi) is 4.56. The summed E-state index contributed by atoms with van der Waals surface area (Å²) >= 11 is 0. The second kappa shape index (κ2) is 6.02. The molecule has 0 heterocycles. The van der Waals surface area contributed by atoms with Crippen LogP contribution in [0.4, 0.5) is 10.1 Å². The fourth-order valence-electron chi connectivity index (χ4n) is 3.24. The van der Waals surface area contributed by atoms with Crippen LogP contribution >= 0.6 is 0 Å². The molecular weight excluding hydrogens is 253 g/mol. The van der Waals surface area contributed by atoms with Crippen LogP contribution in [0.1, 0.15) is 47.0 Å². The summed E-state index contributed by atoms with van der Waals surface area (Å²) < 4.78 is 19.1. The molecule has 0 radical (unpaired) electrons. The number of rotatable bonds is 4. The minimum absolute atomic E-state index is 0.291. The van der Waals surface area contributed by atoms with Gasteiger partial charge >= 0.3 is 0 Å². The van der Waals surface area contributed by atoms with E-state index in [0.29, 0.717) is 29.7 Å². The van der Waals surface area contributed by atoms with E-state index in [2.05, 4.69) is 26.1 Å². The SMILES string of the molecule is CCOc1ccc(NC2CCC(C)(C)CC2C)cc1F. The van der Waals surface area contributed by atoms with E-state index in [4.69, 9.17) is 4.74 Å². The van der Waals surface area contributed by atoms with Gasteiger partial charge in [0, 0.05) is 17.8 Å². The molecule has 2 rings (SSSR count). The van der Waals surface area contributed by atoms with E-state index in [0.717, 1.165) is 12.1 Å². The Morgan fingerprint density at radius 1 is 1.40 bits per heavy atom. The first-order valence-electron chi connectivity index (χ1n) is 7.60. The number of benzene rings is 1. The van der Waals surface area contributed by atoms with Crippen LogP contribution in [-0.4, -0.2) is 12.6 Å². The normalized spacial score (nSPS) is 25.2. The molecule has 112 valence electrons. The third-order valence-electron chi connectivity index (χ3n) is 4.28. The molecule has 0 spiro atoms. The number of anilines is 1. The van der Waals surface area contributed by atoms with Crippen molar-refractivity contribution >= 4 is 5.69 Å². The highest BCUT2D eigenvalue weighted by Crippen LogP contribution is 2.39. The second-order valence-corrected chi connectivity index (χ2v) is 6.71. The summed E-state index contributed by atoms with van der Waals surface area (Å²) in [4.78, 5) is 0. The molecule has 1 fully saturated rings. The molecule has 1 aromatic carbocycles. The largest absolute Gasteiger partial charge is 0.491 e. The van der Waals surface area contributed by atoms with E-state index in [-0.39, 0.29) is 5.82 Å². The highest BCUT2D eigenvalue weighted by Gasteiger charge is 2.32. The lowest BCUT2D eigenvalue weighted by molar-refractivity contribution is 0.177. The second-order valence-electron chi connectivity index (χ2n) is 6.71. The maximum atomic E-state index is 13.8. The van der Waals surface area contributed by atoms with Crippen LogP contribution in [0.3, 0.4) is 0 Å². The minimum Gasteiger partial charge on any atom is -0.491 e. The van der Waals surface area contributed by atoms with Crippen LogP contribution in [0.25, 0.3) is 0 Å². The molecule has 3 heteroatoms.